The van der Waals surface area contributed by atoms with Gasteiger partial charge in [-0.2, -0.15) is 0 Å². The van der Waals surface area contributed by atoms with Gasteiger partial charge in [0.05, 0.1) is 5.02 Å². The molecular formula is C14H12Cl2N2O3. The molecule has 0 aliphatic rings. The highest BCUT2D eigenvalue weighted by atomic mass is 35.5. The van der Waals surface area contributed by atoms with Gasteiger partial charge in [0.2, 0.25) is 0 Å². The molecule has 0 bridgehead atoms. The van der Waals surface area contributed by atoms with Crippen molar-refractivity contribution >= 4 is 35.1 Å². The van der Waals surface area contributed by atoms with E-state index in [9.17, 15) is 14.7 Å². The smallest absolute Gasteiger partial charge is 0.326 e. The first kappa shape index (κ1) is 15.4. The number of hydrogen-bond donors (Lipinski definition) is 3. The molecule has 2 rings (SSSR count). The van der Waals surface area contributed by atoms with E-state index in [0.29, 0.717) is 0 Å². The molecule has 3 N–H and O–H groups in total. The quantitative estimate of drug-likeness (QED) is 0.790. The molecule has 1 aromatic heterocycles. The first-order chi connectivity index (χ1) is 9.97. The van der Waals surface area contributed by atoms with Crippen LogP contribution in [0.1, 0.15) is 16.1 Å². The molecule has 21 heavy (non-hydrogen) atoms. The van der Waals surface area contributed by atoms with Crippen LogP contribution < -0.4 is 5.32 Å². The fraction of sp³-hybridized carbons (Fsp3) is 0.143. The lowest BCUT2D eigenvalue weighted by molar-refractivity contribution is -0.139. The minimum atomic E-state index is -1.11. The number of benzene rings is 1. The van der Waals surface area contributed by atoms with E-state index >= 15 is 0 Å². The van der Waals surface area contributed by atoms with Crippen LogP contribution in [0, 0.1) is 0 Å². The first-order valence-corrected chi connectivity index (χ1v) is 6.84. The van der Waals surface area contributed by atoms with Crippen molar-refractivity contribution in [2.45, 2.75) is 12.5 Å². The summed E-state index contributed by atoms with van der Waals surface area (Å²) < 4.78 is 0. The summed E-state index contributed by atoms with van der Waals surface area (Å²) in [5.74, 6) is -1.69. The summed E-state index contributed by atoms with van der Waals surface area (Å²) in [6, 6.07) is 9.35. The zero-order chi connectivity index (χ0) is 15.4. The van der Waals surface area contributed by atoms with Gasteiger partial charge in [-0.1, -0.05) is 53.5 Å². The van der Waals surface area contributed by atoms with Crippen LogP contribution in [-0.4, -0.2) is 28.0 Å². The molecule has 0 spiro atoms. The van der Waals surface area contributed by atoms with Crippen LogP contribution in [0.4, 0.5) is 0 Å². The third-order valence-corrected chi connectivity index (χ3v) is 3.55. The van der Waals surface area contributed by atoms with E-state index < -0.39 is 17.9 Å². The molecule has 2 aromatic rings. The molecule has 0 saturated heterocycles. The van der Waals surface area contributed by atoms with Crippen molar-refractivity contribution in [3.05, 3.63) is 57.8 Å². The molecule has 110 valence electrons. The van der Waals surface area contributed by atoms with Crippen LogP contribution in [0.25, 0.3) is 0 Å². The van der Waals surface area contributed by atoms with Gasteiger partial charge in [-0.25, -0.2) is 4.79 Å². The van der Waals surface area contributed by atoms with E-state index in [1.54, 1.807) is 24.3 Å². The van der Waals surface area contributed by atoms with Gasteiger partial charge in [0.25, 0.3) is 5.91 Å². The zero-order valence-electron chi connectivity index (χ0n) is 10.8. The molecule has 7 heteroatoms. The topological polar surface area (TPSA) is 82.2 Å². The van der Waals surface area contributed by atoms with Crippen LogP contribution in [-0.2, 0) is 11.2 Å². The van der Waals surface area contributed by atoms with Gasteiger partial charge >= 0.3 is 5.97 Å². The number of aliphatic carboxylic acids is 1. The monoisotopic (exact) mass is 326 g/mol. The number of nitrogens with one attached hydrogen (secondary N) is 2. The molecule has 1 atom stereocenters. The molecule has 0 radical (unpaired) electrons. The zero-order valence-corrected chi connectivity index (χ0v) is 12.3. The second-order valence-electron chi connectivity index (χ2n) is 4.40. The number of carboxylic acids is 1. The van der Waals surface area contributed by atoms with Crippen LogP contribution in [0.15, 0.2) is 36.4 Å². The Kier molecular flexibility index (Phi) is 4.88. The van der Waals surface area contributed by atoms with Gasteiger partial charge in [0.15, 0.2) is 0 Å². The number of carboxylic acid groups (broad SMARTS) is 1. The summed E-state index contributed by atoms with van der Waals surface area (Å²) in [6.07, 6.45) is 0.185. The Hall–Kier alpha value is -1.98. The Morgan fingerprint density at radius 2 is 1.90 bits per heavy atom. The number of carbonyl (C=O) groups excluding carboxylic acids is 1. The summed E-state index contributed by atoms with van der Waals surface area (Å²) in [7, 11) is 0. The Labute approximate surface area is 130 Å². The summed E-state index contributed by atoms with van der Waals surface area (Å²) in [5, 5.41) is 12.0. The van der Waals surface area contributed by atoms with Crippen molar-refractivity contribution in [3.63, 3.8) is 0 Å². The fourth-order valence-electron chi connectivity index (χ4n) is 1.81. The maximum Gasteiger partial charge on any atom is 0.326 e. The van der Waals surface area contributed by atoms with Crippen LogP contribution in [0.3, 0.4) is 0 Å². The second-order valence-corrected chi connectivity index (χ2v) is 5.18. The average molecular weight is 327 g/mol. The van der Waals surface area contributed by atoms with E-state index in [1.165, 1.54) is 6.07 Å². The highest BCUT2D eigenvalue weighted by Gasteiger charge is 2.22. The maximum absolute atomic E-state index is 12.0. The summed E-state index contributed by atoms with van der Waals surface area (Å²) in [6.45, 7) is 0. The van der Waals surface area contributed by atoms with Crippen LogP contribution >= 0.6 is 23.2 Å². The predicted molar refractivity (Wildman–Crippen MR) is 79.8 cm³/mol. The average Bonchev–Trinajstić information content (AvgIpc) is 2.79. The molecule has 1 unspecified atom stereocenters. The lowest BCUT2D eigenvalue weighted by atomic mass is 10.1. The number of aromatic amines is 1. The summed E-state index contributed by atoms with van der Waals surface area (Å²) >= 11 is 11.5. The van der Waals surface area contributed by atoms with E-state index in [-0.39, 0.29) is 22.3 Å². The van der Waals surface area contributed by atoms with Gasteiger partial charge in [0, 0.05) is 6.42 Å². The van der Waals surface area contributed by atoms with Crippen molar-refractivity contribution in [2.24, 2.45) is 0 Å². The molecule has 1 amide bonds. The van der Waals surface area contributed by atoms with E-state index in [0.717, 1.165) is 5.56 Å². The highest BCUT2D eigenvalue weighted by molar-refractivity contribution is 6.41. The molecule has 0 fully saturated rings. The number of aromatic nitrogens is 1. The Balaban J connectivity index is 2.09. The van der Waals surface area contributed by atoms with E-state index in [4.69, 9.17) is 23.2 Å². The van der Waals surface area contributed by atoms with Crippen molar-refractivity contribution in [1.82, 2.24) is 10.3 Å². The lowest BCUT2D eigenvalue weighted by Crippen LogP contribution is -2.42. The van der Waals surface area contributed by atoms with E-state index in [1.807, 2.05) is 6.07 Å². The van der Waals surface area contributed by atoms with Gasteiger partial charge in [-0.15, -0.1) is 0 Å². The van der Waals surface area contributed by atoms with Crippen LogP contribution in [0.5, 0.6) is 0 Å². The number of H-pyrrole nitrogens is 1. The third kappa shape index (κ3) is 4.00. The number of hydrogen-bond acceptors (Lipinski definition) is 2. The van der Waals surface area contributed by atoms with Crippen molar-refractivity contribution < 1.29 is 14.7 Å². The van der Waals surface area contributed by atoms with Gasteiger partial charge < -0.3 is 15.4 Å². The minimum Gasteiger partial charge on any atom is -0.480 e. The van der Waals surface area contributed by atoms with Crippen LogP contribution in [0.2, 0.25) is 10.2 Å². The number of carbonyl (C=O) groups is 2. The number of halogens is 2. The summed E-state index contributed by atoms with van der Waals surface area (Å²) in [5.41, 5.74) is 0.928. The molecule has 0 aliphatic carbocycles. The number of amides is 1. The fourth-order valence-corrected chi connectivity index (χ4v) is 2.13. The first-order valence-electron chi connectivity index (χ1n) is 6.09. The predicted octanol–water partition coefficient (Wildman–Crippen LogP) is 2.75. The standard InChI is InChI=1S/C14H12Cl2N2O3/c15-9-7-10(17-12(9)16)13(19)18-11(14(20)21)6-8-4-2-1-3-5-8/h1-5,7,11,17H,6H2,(H,18,19)(H,20,21). The third-order valence-electron chi connectivity index (χ3n) is 2.86. The summed E-state index contributed by atoms with van der Waals surface area (Å²) in [4.78, 5) is 25.8. The lowest BCUT2D eigenvalue weighted by Gasteiger charge is -2.14. The van der Waals surface area contributed by atoms with E-state index in [2.05, 4.69) is 10.3 Å². The normalized spacial score (nSPS) is 11.9. The molecule has 0 saturated carbocycles. The van der Waals surface area contributed by atoms with Crippen molar-refractivity contribution in [3.8, 4) is 0 Å². The minimum absolute atomic E-state index is 0.115. The Morgan fingerprint density at radius 3 is 2.43 bits per heavy atom. The largest absolute Gasteiger partial charge is 0.480 e. The van der Waals surface area contributed by atoms with Crippen molar-refractivity contribution in [1.29, 1.82) is 0 Å². The van der Waals surface area contributed by atoms with Gasteiger partial charge in [-0.05, 0) is 11.6 Å². The van der Waals surface area contributed by atoms with Crippen molar-refractivity contribution in [2.75, 3.05) is 0 Å². The van der Waals surface area contributed by atoms with Gasteiger partial charge in [0.1, 0.15) is 16.9 Å². The molecule has 5 nitrogen and oxygen atoms in total. The van der Waals surface area contributed by atoms with Gasteiger partial charge in [-0.3, -0.25) is 4.79 Å². The second kappa shape index (κ2) is 6.65. The molecular weight excluding hydrogens is 315 g/mol. The number of rotatable bonds is 5. The SMILES string of the molecule is O=C(NC(Cc1ccccc1)C(=O)O)c1cc(Cl)c(Cl)[nH]1. The molecule has 0 aliphatic heterocycles. The highest BCUT2D eigenvalue weighted by Crippen LogP contribution is 2.21. The molecule has 1 aromatic carbocycles. The Bertz CT molecular complexity index is 636. The Morgan fingerprint density at radius 1 is 1.24 bits per heavy atom. The molecule has 1 heterocycles. The maximum atomic E-state index is 12.0.